The van der Waals surface area contributed by atoms with E-state index in [1.54, 1.807) is 17.0 Å². The van der Waals surface area contributed by atoms with Gasteiger partial charge in [0, 0.05) is 24.7 Å². The molecule has 0 aromatic heterocycles. The zero-order valence-corrected chi connectivity index (χ0v) is 12.8. The minimum absolute atomic E-state index is 0.134. The Labute approximate surface area is 126 Å². The highest BCUT2D eigenvalue weighted by Gasteiger charge is 2.22. The number of hydrogen-bond donors (Lipinski definition) is 0. The average molecular weight is 342 g/mol. The Morgan fingerprint density at radius 2 is 2.30 bits per heavy atom. The molecule has 20 heavy (non-hydrogen) atoms. The maximum Gasteiger partial charge on any atom is 0.322 e. The lowest BCUT2D eigenvalue weighted by Crippen LogP contribution is -2.24. The maximum absolute atomic E-state index is 11.7. The van der Waals surface area contributed by atoms with E-state index in [0.29, 0.717) is 12.2 Å². The molecule has 1 aromatic carbocycles. The first kappa shape index (κ1) is 14.8. The van der Waals surface area contributed by atoms with Gasteiger partial charge in [-0.3, -0.25) is 9.59 Å². The molecule has 1 heterocycles. The molecule has 0 radical (unpaired) electrons. The quantitative estimate of drug-likeness (QED) is 0.608. The molecule has 0 aliphatic carbocycles. The number of nitrogens with zero attached hydrogens (tertiary/aromatic N) is 1. The van der Waals surface area contributed by atoms with E-state index in [2.05, 4.69) is 20.7 Å². The van der Waals surface area contributed by atoms with Crippen LogP contribution in [-0.4, -0.2) is 37.0 Å². The van der Waals surface area contributed by atoms with Crippen LogP contribution in [0.4, 0.5) is 5.69 Å². The first-order valence-corrected chi connectivity index (χ1v) is 7.28. The normalized spacial score (nSPS) is 16.1. The first-order chi connectivity index (χ1) is 9.61. The van der Waals surface area contributed by atoms with Crippen LogP contribution in [0.1, 0.15) is 12.8 Å². The number of methoxy groups -OCH3 is 1. The van der Waals surface area contributed by atoms with Crippen LogP contribution in [0.5, 0.6) is 5.75 Å². The summed E-state index contributed by atoms with van der Waals surface area (Å²) in [6.45, 7) is 0.912. The Morgan fingerprint density at radius 3 is 2.95 bits per heavy atom. The first-order valence-electron chi connectivity index (χ1n) is 6.37. The van der Waals surface area contributed by atoms with Gasteiger partial charge in [-0.05, 0) is 18.6 Å². The van der Waals surface area contributed by atoms with Crippen molar-refractivity contribution in [2.24, 2.45) is 0 Å². The van der Waals surface area contributed by atoms with Crippen molar-refractivity contribution in [3.63, 3.8) is 0 Å². The zero-order chi connectivity index (χ0) is 14.5. The highest BCUT2D eigenvalue weighted by Crippen LogP contribution is 2.25. The highest BCUT2D eigenvalue weighted by atomic mass is 79.9. The van der Waals surface area contributed by atoms with Crippen molar-refractivity contribution in [1.82, 2.24) is 0 Å². The van der Waals surface area contributed by atoms with Crippen molar-refractivity contribution in [2.75, 3.05) is 25.2 Å². The number of alkyl halides is 1. The van der Waals surface area contributed by atoms with E-state index < -0.39 is 4.83 Å². The van der Waals surface area contributed by atoms with Crippen molar-refractivity contribution < 1.29 is 19.1 Å². The van der Waals surface area contributed by atoms with Gasteiger partial charge in [0.2, 0.25) is 5.91 Å². The number of rotatable bonds is 5. The second kappa shape index (κ2) is 6.74. The summed E-state index contributed by atoms with van der Waals surface area (Å²) in [6, 6.07) is 7.31. The Bertz CT molecular complexity index is 506. The largest absolute Gasteiger partial charge is 0.492 e. The fraction of sp³-hybridized carbons (Fsp3) is 0.429. The minimum Gasteiger partial charge on any atom is -0.492 e. The average Bonchev–Trinajstić information content (AvgIpc) is 2.90. The summed E-state index contributed by atoms with van der Waals surface area (Å²) in [5.41, 5.74) is 0.828. The van der Waals surface area contributed by atoms with E-state index >= 15 is 0 Å². The molecule has 1 aliphatic rings. The van der Waals surface area contributed by atoms with Crippen LogP contribution in [0.15, 0.2) is 24.3 Å². The molecule has 0 bridgehead atoms. The van der Waals surface area contributed by atoms with Gasteiger partial charge in [-0.1, -0.05) is 22.0 Å². The molecule has 0 N–H and O–H groups in total. The summed E-state index contributed by atoms with van der Waals surface area (Å²) in [7, 11) is 1.33. The van der Waals surface area contributed by atoms with Gasteiger partial charge in [-0.15, -0.1) is 0 Å². The number of hydrogen-bond acceptors (Lipinski definition) is 4. The third kappa shape index (κ3) is 3.50. The topological polar surface area (TPSA) is 55.8 Å². The standard InChI is InChI=1S/C14H16BrNO4/c1-19-14(18)12(15)9-20-11-5-2-4-10(8-11)16-7-3-6-13(16)17/h2,4-5,8,12H,3,6-7,9H2,1H3. The summed E-state index contributed by atoms with van der Waals surface area (Å²) in [5, 5.41) is 0. The van der Waals surface area contributed by atoms with Crippen LogP contribution in [0.3, 0.4) is 0 Å². The summed E-state index contributed by atoms with van der Waals surface area (Å²) < 4.78 is 10.1. The number of esters is 1. The van der Waals surface area contributed by atoms with Crippen LogP contribution in [0.2, 0.25) is 0 Å². The van der Waals surface area contributed by atoms with Crippen LogP contribution >= 0.6 is 15.9 Å². The van der Waals surface area contributed by atoms with Gasteiger partial charge in [0.1, 0.15) is 17.2 Å². The van der Waals surface area contributed by atoms with Crippen molar-refractivity contribution in [3.8, 4) is 5.75 Å². The van der Waals surface area contributed by atoms with Gasteiger partial charge in [0.25, 0.3) is 0 Å². The van der Waals surface area contributed by atoms with E-state index in [1.165, 1.54) is 7.11 Å². The summed E-state index contributed by atoms with van der Waals surface area (Å²) in [5.74, 6) is 0.376. The van der Waals surface area contributed by atoms with Crippen LogP contribution in [0, 0.1) is 0 Å². The fourth-order valence-electron chi connectivity index (χ4n) is 2.03. The predicted molar refractivity (Wildman–Crippen MR) is 78.3 cm³/mol. The molecule has 1 amide bonds. The third-order valence-electron chi connectivity index (χ3n) is 3.06. The van der Waals surface area contributed by atoms with E-state index in [-0.39, 0.29) is 18.5 Å². The molecule has 1 aromatic rings. The van der Waals surface area contributed by atoms with Gasteiger partial charge in [0.15, 0.2) is 0 Å². The second-order valence-electron chi connectivity index (χ2n) is 4.45. The fourth-order valence-corrected chi connectivity index (χ4v) is 2.35. The summed E-state index contributed by atoms with van der Waals surface area (Å²) in [4.78, 5) is 24.2. The lowest BCUT2D eigenvalue weighted by molar-refractivity contribution is -0.140. The number of benzene rings is 1. The van der Waals surface area contributed by atoms with E-state index in [1.807, 2.05) is 12.1 Å². The van der Waals surface area contributed by atoms with Crippen molar-refractivity contribution in [2.45, 2.75) is 17.7 Å². The lowest BCUT2D eigenvalue weighted by Gasteiger charge is -2.17. The number of ether oxygens (including phenoxy) is 2. The Kier molecular flexibility index (Phi) is 5.00. The molecule has 5 nitrogen and oxygen atoms in total. The van der Waals surface area contributed by atoms with Gasteiger partial charge in [-0.25, -0.2) is 0 Å². The van der Waals surface area contributed by atoms with Gasteiger partial charge < -0.3 is 14.4 Å². The second-order valence-corrected chi connectivity index (χ2v) is 5.55. The van der Waals surface area contributed by atoms with E-state index in [9.17, 15) is 9.59 Å². The maximum atomic E-state index is 11.7. The molecule has 2 rings (SSSR count). The number of anilines is 1. The number of carbonyl (C=O) groups is 2. The monoisotopic (exact) mass is 341 g/mol. The Hall–Kier alpha value is -1.56. The van der Waals surface area contributed by atoms with Crippen molar-refractivity contribution >= 4 is 33.5 Å². The van der Waals surface area contributed by atoms with Gasteiger partial charge in [0.05, 0.1) is 7.11 Å². The van der Waals surface area contributed by atoms with E-state index in [0.717, 1.165) is 18.7 Å². The van der Waals surface area contributed by atoms with Crippen LogP contribution < -0.4 is 9.64 Å². The molecule has 1 unspecified atom stereocenters. The highest BCUT2D eigenvalue weighted by molar-refractivity contribution is 9.10. The van der Waals surface area contributed by atoms with Crippen molar-refractivity contribution in [3.05, 3.63) is 24.3 Å². The predicted octanol–water partition coefficient (Wildman–Crippen LogP) is 2.13. The minimum atomic E-state index is -0.510. The Balaban J connectivity index is 1.99. The van der Waals surface area contributed by atoms with Crippen LogP contribution in [-0.2, 0) is 14.3 Å². The number of amides is 1. The SMILES string of the molecule is COC(=O)C(Br)COc1cccc(N2CCCC2=O)c1. The molecular weight excluding hydrogens is 326 g/mol. The molecule has 1 fully saturated rings. The molecule has 1 atom stereocenters. The lowest BCUT2D eigenvalue weighted by atomic mass is 10.3. The third-order valence-corrected chi connectivity index (χ3v) is 3.69. The Morgan fingerprint density at radius 1 is 1.50 bits per heavy atom. The molecule has 6 heteroatoms. The number of halogens is 1. The molecule has 0 saturated carbocycles. The van der Waals surface area contributed by atoms with Crippen LogP contribution in [0.25, 0.3) is 0 Å². The molecular formula is C14H16BrNO4. The van der Waals surface area contributed by atoms with E-state index in [4.69, 9.17) is 4.74 Å². The smallest absolute Gasteiger partial charge is 0.322 e. The zero-order valence-electron chi connectivity index (χ0n) is 11.2. The molecule has 108 valence electrons. The summed E-state index contributed by atoms with van der Waals surface area (Å²) in [6.07, 6.45) is 1.48. The number of carbonyl (C=O) groups excluding carboxylic acids is 2. The van der Waals surface area contributed by atoms with Gasteiger partial charge >= 0.3 is 5.97 Å². The molecule has 1 saturated heterocycles. The molecule has 0 spiro atoms. The van der Waals surface area contributed by atoms with Crippen molar-refractivity contribution in [1.29, 1.82) is 0 Å². The molecule has 1 aliphatic heterocycles. The van der Waals surface area contributed by atoms with Gasteiger partial charge in [-0.2, -0.15) is 0 Å². The summed E-state index contributed by atoms with van der Waals surface area (Å²) >= 11 is 3.19.